The van der Waals surface area contributed by atoms with Crippen LogP contribution in [0.4, 0.5) is 18.9 Å². The Kier molecular flexibility index (Phi) is 5.01. The van der Waals surface area contributed by atoms with E-state index in [1.807, 2.05) is 0 Å². The van der Waals surface area contributed by atoms with E-state index in [0.29, 0.717) is 10.9 Å². The molecule has 0 unspecified atom stereocenters. The van der Waals surface area contributed by atoms with E-state index in [4.69, 9.17) is 0 Å². The van der Waals surface area contributed by atoms with Crippen molar-refractivity contribution in [2.45, 2.75) is 19.4 Å². The van der Waals surface area contributed by atoms with Crippen LogP contribution in [-0.4, -0.2) is 15.5 Å². The number of benzene rings is 2. The Morgan fingerprint density at radius 1 is 1.08 bits per heavy atom. The summed E-state index contributed by atoms with van der Waals surface area (Å²) in [6.07, 6.45) is 1.66. The van der Waals surface area contributed by atoms with E-state index in [1.165, 1.54) is 10.9 Å². The predicted molar refractivity (Wildman–Crippen MR) is 90.2 cm³/mol. The lowest BCUT2D eigenvalue weighted by Crippen LogP contribution is -2.21. The Labute approximate surface area is 146 Å². The summed E-state index contributed by atoms with van der Waals surface area (Å²) in [4.78, 5) is 28.3. The minimum atomic E-state index is -1.64. The molecule has 2 aromatic carbocycles. The Morgan fingerprint density at radius 3 is 2.65 bits per heavy atom. The number of hydrogen-bond donors (Lipinski definition) is 1. The molecule has 0 aliphatic carbocycles. The fourth-order valence-electron chi connectivity index (χ4n) is 2.51. The van der Waals surface area contributed by atoms with E-state index in [2.05, 4.69) is 10.3 Å². The van der Waals surface area contributed by atoms with Gasteiger partial charge in [-0.25, -0.2) is 18.2 Å². The molecule has 0 fully saturated rings. The quantitative estimate of drug-likeness (QED) is 0.710. The first-order valence-corrected chi connectivity index (χ1v) is 7.85. The molecule has 8 heteroatoms. The maximum absolute atomic E-state index is 13.5. The van der Waals surface area contributed by atoms with Gasteiger partial charge in [0.15, 0.2) is 17.5 Å². The first-order chi connectivity index (χ1) is 12.5. The molecule has 1 heterocycles. The minimum absolute atomic E-state index is 0.0301. The van der Waals surface area contributed by atoms with Crippen molar-refractivity contribution < 1.29 is 18.0 Å². The van der Waals surface area contributed by atoms with Crippen molar-refractivity contribution >= 4 is 22.5 Å². The molecule has 0 saturated carbocycles. The van der Waals surface area contributed by atoms with Crippen LogP contribution in [0.5, 0.6) is 0 Å². The molecule has 0 aliphatic heterocycles. The molecular formula is C18H14F3N3O2. The van der Waals surface area contributed by atoms with Crippen LogP contribution in [-0.2, 0) is 11.3 Å². The normalized spacial score (nSPS) is 10.9. The molecule has 3 aromatic rings. The molecule has 134 valence electrons. The first-order valence-electron chi connectivity index (χ1n) is 7.85. The van der Waals surface area contributed by atoms with Crippen LogP contribution in [0.1, 0.15) is 12.8 Å². The number of amides is 1. The third kappa shape index (κ3) is 3.58. The van der Waals surface area contributed by atoms with Gasteiger partial charge >= 0.3 is 0 Å². The highest BCUT2D eigenvalue weighted by molar-refractivity contribution is 5.90. The summed E-state index contributed by atoms with van der Waals surface area (Å²) in [6, 6.07) is 8.59. The predicted octanol–water partition coefficient (Wildman–Crippen LogP) is 3.23. The number of nitrogens with one attached hydrogen (secondary N) is 1. The molecule has 1 amide bonds. The van der Waals surface area contributed by atoms with Gasteiger partial charge in [-0.3, -0.25) is 14.2 Å². The van der Waals surface area contributed by atoms with Crippen molar-refractivity contribution in [1.82, 2.24) is 9.55 Å². The molecular weight excluding hydrogens is 347 g/mol. The smallest absolute Gasteiger partial charge is 0.261 e. The highest BCUT2D eigenvalue weighted by Crippen LogP contribution is 2.19. The number of carbonyl (C=O) groups excluding carboxylic acids is 1. The number of nitrogens with zero attached hydrogens (tertiary/aromatic N) is 2. The van der Waals surface area contributed by atoms with E-state index >= 15 is 0 Å². The number of para-hydroxylation sites is 1. The standard InChI is InChI=1S/C18H14F3N3O2/c19-12-7-8-14(17(21)16(12)20)23-15(25)6-3-9-24-10-22-13-5-2-1-4-11(13)18(24)26/h1-2,4-5,7-8,10H,3,6,9H2,(H,23,25). The minimum Gasteiger partial charge on any atom is -0.324 e. The van der Waals surface area contributed by atoms with E-state index in [0.717, 1.165) is 12.1 Å². The monoisotopic (exact) mass is 361 g/mol. The summed E-state index contributed by atoms with van der Waals surface area (Å²) in [5.41, 5.74) is -0.0681. The van der Waals surface area contributed by atoms with Crippen LogP contribution in [0.3, 0.4) is 0 Å². The molecule has 0 atom stereocenters. The third-order valence-corrected chi connectivity index (χ3v) is 3.84. The average molecular weight is 361 g/mol. The van der Waals surface area contributed by atoms with E-state index in [9.17, 15) is 22.8 Å². The van der Waals surface area contributed by atoms with Crippen molar-refractivity contribution in [1.29, 1.82) is 0 Å². The topological polar surface area (TPSA) is 64.0 Å². The number of halogens is 3. The number of aromatic nitrogens is 2. The number of carbonyl (C=O) groups is 1. The van der Waals surface area contributed by atoms with Gasteiger partial charge in [-0.1, -0.05) is 12.1 Å². The molecule has 1 aromatic heterocycles. The zero-order valence-electron chi connectivity index (χ0n) is 13.5. The maximum atomic E-state index is 13.5. The van der Waals surface area contributed by atoms with E-state index in [-0.39, 0.29) is 24.9 Å². The van der Waals surface area contributed by atoms with Gasteiger partial charge in [0.2, 0.25) is 5.91 Å². The molecule has 26 heavy (non-hydrogen) atoms. The highest BCUT2D eigenvalue weighted by Gasteiger charge is 2.15. The van der Waals surface area contributed by atoms with Crippen molar-refractivity contribution in [3.05, 3.63) is 70.5 Å². The third-order valence-electron chi connectivity index (χ3n) is 3.84. The summed E-state index contributed by atoms with van der Waals surface area (Å²) < 4.78 is 40.9. The summed E-state index contributed by atoms with van der Waals surface area (Å²) in [7, 11) is 0. The Balaban J connectivity index is 1.62. The highest BCUT2D eigenvalue weighted by atomic mass is 19.2. The Hall–Kier alpha value is -3.16. The number of aryl methyl sites for hydroxylation is 1. The number of rotatable bonds is 5. The lowest BCUT2D eigenvalue weighted by Gasteiger charge is -2.08. The summed E-state index contributed by atoms with van der Waals surface area (Å²) in [6.45, 7) is 0.240. The van der Waals surface area contributed by atoms with E-state index in [1.54, 1.807) is 24.3 Å². The van der Waals surface area contributed by atoms with Gasteiger partial charge in [0.25, 0.3) is 5.56 Å². The second kappa shape index (κ2) is 7.38. The van der Waals surface area contributed by atoms with Crippen molar-refractivity contribution in [3.8, 4) is 0 Å². The molecule has 3 rings (SSSR count). The molecule has 0 bridgehead atoms. The average Bonchev–Trinajstić information content (AvgIpc) is 2.64. The summed E-state index contributed by atoms with van der Waals surface area (Å²) in [5.74, 6) is -5.00. The van der Waals surface area contributed by atoms with Crippen LogP contribution < -0.4 is 10.9 Å². The number of hydrogen-bond acceptors (Lipinski definition) is 3. The van der Waals surface area contributed by atoms with Crippen LogP contribution in [0.25, 0.3) is 10.9 Å². The van der Waals surface area contributed by atoms with Crippen molar-refractivity contribution in [3.63, 3.8) is 0 Å². The van der Waals surface area contributed by atoms with Gasteiger partial charge in [-0.05, 0) is 30.7 Å². The maximum Gasteiger partial charge on any atom is 0.261 e. The van der Waals surface area contributed by atoms with Crippen LogP contribution in [0.15, 0.2) is 47.5 Å². The SMILES string of the molecule is O=C(CCCn1cnc2ccccc2c1=O)Nc1ccc(F)c(F)c1F. The molecule has 0 aliphatic rings. The number of anilines is 1. The van der Waals surface area contributed by atoms with Gasteiger partial charge in [-0.15, -0.1) is 0 Å². The van der Waals surface area contributed by atoms with Crippen LogP contribution in [0.2, 0.25) is 0 Å². The molecule has 0 saturated heterocycles. The fourth-order valence-corrected chi connectivity index (χ4v) is 2.51. The van der Waals surface area contributed by atoms with Gasteiger partial charge in [0.1, 0.15) is 0 Å². The summed E-state index contributed by atoms with van der Waals surface area (Å²) in [5, 5.41) is 2.66. The molecule has 1 N–H and O–H groups in total. The van der Waals surface area contributed by atoms with Gasteiger partial charge in [0.05, 0.1) is 22.9 Å². The van der Waals surface area contributed by atoms with Crippen molar-refractivity contribution in [2.24, 2.45) is 0 Å². The zero-order valence-corrected chi connectivity index (χ0v) is 13.5. The summed E-state index contributed by atoms with van der Waals surface area (Å²) >= 11 is 0. The first kappa shape index (κ1) is 17.7. The molecule has 5 nitrogen and oxygen atoms in total. The second-order valence-corrected chi connectivity index (χ2v) is 5.63. The lowest BCUT2D eigenvalue weighted by atomic mass is 10.2. The van der Waals surface area contributed by atoms with Crippen LogP contribution >= 0.6 is 0 Å². The molecule has 0 radical (unpaired) electrons. The number of fused-ring (bicyclic) bond motifs is 1. The lowest BCUT2D eigenvalue weighted by molar-refractivity contribution is -0.116. The Bertz CT molecular complexity index is 1030. The fraction of sp³-hybridized carbons (Fsp3) is 0.167. The van der Waals surface area contributed by atoms with Gasteiger partial charge < -0.3 is 5.32 Å². The van der Waals surface area contributed by atoms with Gasteiger partial charge in [0, 0.05) is 13.0 Å². The largest absolute Gasteiger partial charge is 0.324 e. The van der Waals surface area contributed by atoms with E-state index < -0.39 is 29.0 Å². The van der Waals surface area contributed by atoms with Crippen LogP contribution in [0, 0.1) is 17.5 Å². The Morgan fingerprint density at radius 2 is 1.85 bits per heavy atom. The van der Waals surface area contributed by atoms with Gasteiger partial charge in [-0.2, -0.15) is 0 Å². The van der Waals surface area contributed by atoms with Crippen molar-refractivity contribution in [2.75, 3.05) is 5.32 Å². The second-order valence-electron chi connectivity index (χ2n) is 5.63. The molecule has 0 spiro atoms. The zero-order chi connectivity index (χ0) is 18.7.